The van der Waals surface area contributed by atoms with Gasteiger partial charge in [0.05, 0.1) is 22.5 Å². The van der Waals surface area contributed by atoms with Crippen LogP contribution >= 0.6 is 11.8 Å². The molecule has 158 valence electrons. The van der Waals surface area contributed by atoms with Gasteiger partial charge in [-0.25, -0.2) is 9.50 Å². The number of aromatic nitrogens is 3. The fourth-order valence-electron chi connectivity index (χ4n) is 3.90. The number of hydrogen-bond acceptors (Lipinski definition) is 7. The molecule has 2 fully saturated rings. The zero-order chi connectivity index (χ0) is 21.4. The Hall–Kier alpha value is -3.17. The summed E-state index contributed by atoms with van der Waals surface area (Å²) in [5.41, 5.74) is 4.41. The maximum absolute atomic E-state index is 11.8. The SMILES string of the molecule is CCN1CCN(c2cccc(-c3cnc4ccc(C=C5SC(=O)NC5=O)nn34)c2)CC1. The van der Waals surface area contributed by atoms with E-state index in [2.05, 4.69) is 56.4 Å². The number of nitrogens with zero attached hydrogens (tertiary/aromatic N) is 5. The summed E-state index contributed by atoms with van der Waals surface area (Å²) in [5.74, 6) is -0.390. The molecule has 3 aromatic rings. The maximum atomic E-state index is 11.8. The molecule has 8 nitrogen and oxygen atoms in total. The van der Waals surface area contributed by atoms with Crippen molar-refractivity contribution in [2.45, 2.75) is 6.92 Å². The van der Waals surface area contributed by atoms with Crippen LogP contribution in [0, 0.1) is 0 Å². The van der Waals surface area contributed by atoms with Gasteiger partial charge in [0, 0.05) is 37.4 Å². The van der Waals surface area contributed by atoms with Crippen LogP contribution in [-0.4, -0.2) is 63.4 Å². The molecule has 2 aliphatic rings. The molecule has 5 rings (SSSR count). The number of amides is 2. The average Bonchev–Trinajstić information content (AvgIpc) is 3.36. The van der Waals surface area contributed by atoms with Crippen LogP contribution in [-0.2, 0) is 4.79 Å². The van der Waals surface area contributed by atoms with Crippen molar-refractivity contribution in [1.82, 2.24) is 24.8 Å². The lowest BCUT2D eigenvalue weighted by Gasteiger charge is -2.35. The Bertz CT molecular complexity index is 1200. The van der Waals surface area contributed by atoms with Crippen LogP contribution in [0.1, 0.15) is 12.6 Å². The predicted molar refractivity (Wildman–Crippen MR) is 122 cm³/mol. The summed E-state index contributed by atoms with van der Waals surface area (Å²) in [6, 6.07) is 12.1. The van der Waals surface area contributed by atoms with E-state index in [4.69, 9.17) is 0 Å². The van der Waals surface area contributed by atoms with Crippen LogP contribution in [0.25, 0.3) is 23.0 Å². The summed E-state index contributed by atoms with van der Waals surface area (Å²) in [6.07, 6.45) is 3.44. The summed E-state index contributed by atoms with van der Waals surface area (Å²) in [6.45, 7) is 7.47. The Balaban J connectivity index is 1.46. The van der Waals surface area contributed by atoms with Crippen molar-refractivity contribution in [3.05, 3.63) is 53.2 Å². The molecule has 9 heteroatoms. The first-order chi connectivity index (χ1) is 15.1. The number of carbonyl (C=O) groups is 2. The molecule has 0 atom stereocenters. The number of fused-ring (bicyclic) bond motifs is 1. The van der Waals surface area contributed by atoms with Crippen molar-refractivity contribution >= 4 is 40.3 Å². The minimum Gasteiger partial charge on any atom is -0.369 e. The highest BCUT2D eigenvalue weighted by atomic mass is 32.2. The zero-order valence-corrected chi connectivity index (χ0v) is 17.9. The number of benzene rings is 1. The van der Waals surface area contributed by atoms with E-state index in [-0.39, 0.29) is 5.24 Å². The van der Waals surface area contributed by atoms with Crippen molar-refractivity contribution in [3.8, 4) is 11.3 Å². The second-order valence-corrected chi connectivity index (χ2v) is 8.51. The van der Waals surface area contributed by atoms with Gasteiger partial charge in [-0.2, -0.15) is 5.10 Å². The molecule has 0 saturated carbocycles. The third kappa shape index (κ3) is 3.94. The first kappa shape index (κ1) is 19.8. The number of rotatable bonds is 4. The summed E-state index contributed by atoms with van der Waals surface area (Å²) in [4.78, 5) is 32.9. The number of carbonyl (C=O) groups excluding carboxylic acids is 2. The topological polar surface area (TPSA) is 82.8 Å². The molecule has 31 heavy (non-hydrogen) atoms. The third-order valence-electron chi connectivity index (χ3n) is 5.63. The van der Waals surface area contributed by atoms with Crippen molar-refractivity contribution in [2.75, 3.05) is 37.6 Å². The van der Waals surface area contributed by atoms with E-state index in [0.29, 0.717) is 10.6 Å². The molecule has 1 aromatic carbocycles. The number of imide groups is 1. The van der Waals surface area contributed by atoms with Gasteiger partial charge in [-0.15, -0.1) is 0 Å². The van der Waals surface area contributed by atoms with E-state index in [1.807, 2.05) is 12.3 Å². The lowest BCUT2D eigenvalue weighted by molar-refractivity contribution is -0.115. The highest BCUT2D eigenvalue weighted by molar-refractivity contribution is 8.18. The summed E-state index contributed by atoms with van der Waals surface area (Å²) in [5, 5.41) is 6.55. The molecule has 2 amide bonds. The largest absolute Gasteiger partial charge is 0.369 e. The molecule has 0 unspecified atom stereocenters. The molecule has 0 bridgehead atoms. The minimum atomic E-state index is -0.390. The van der Waals surface area contributed by atoms with Crippen LogP contribution in [0.15, 0.2) is 47.5 Å². The maximum Gasteiger partial charge on any atom is 0.290 e. The monoisotopic (exact) mass is 434 g/mol. The van der Waals surface area contributed by atoms with Crippen LogP contribution in [0.5, 0.6) is 0 Å². The van der Waals surface area contributed by atoms with Gasteiger partial charge in [0.15, 0.2) is 5.65 Å². The molecule has 0 radical (unpaired) electrons. The summed E-state index contributed by atoms with van der Waals surface area (Å²) < 4.78 is 1.78. The smallest absolute Gasteiger partial charge is 0.290 e. The molecule has 1 N–H and O–H groups in total. The van der Waals surface area contributed by atoms with Crippen LogP contribution in [0.3, 0.4) is 0 Å². The number of imidazole rings is 1. The summed E-state index contributed by atoms with van der Waals surface area (Å²) in [7, 11) is 0. The van der Waals surface area contributed by atoms with E-state index in [9.17, 15) is 9.59 Å². The van der Waals surface area contributed by atoms with Crippen molar-refractivity contribution in [1.29, 1.82) is 0 Å². The van der Waals surface area contributed by atoms with E-state index < -0.39 is 5.91 Å². The fraction of sp³-hybridized carbons (Fsp3) is 0.273. The van der Waals surface area contributed by atoms with Crippen LogP contribution < -0.4 is 10.2 Å². The van der Waals surface area contributed by atoms with Crippen molar-refractivity contribution in [2.24, 2.45) is 0 Å². The summed E-state index contributed by atoms with van der Waals surface area (Å²) >= 11 is 0.884. The quantitative estimate of drug-likeness (QED) is 0.632. The molecule has 0 spiro atoms. The average molecular weight is 435 g/mol. The van der Waals surface area contributed by atoms with Crippen LogP contribution in [0.2, 0.25) is 0 Å². The molecular weight excluding hydrogens is 412 g/mol. The van der Waals surface area contributed by atoms with Gasteiger partial charge in [0.2, 0.25) is 0 Å². The number of nitrogens with one attached hydrogen (secondary N) is 1. The van der Waals surface area contributed by atoms with Gasteiger partial charge >= 0.3 is 0 Å². The lowest BCUT2D eigenvalue weighted by Crippen LogP contribution is -2.46. The Morgan fingerprint density at radius 1 is 1.13 bits per heavy atom. The van der Waals surface area contributed by atoms with Gasteiger partial charge in [-0.3, -0.25) is 14.9 Å². The first-order valence-corrected chi connectivity index (χ1v) is 11.1. The van der Waals surface area contributed by atoms with Gasteiger partial charge < -0.3 is 9.80 Å². The Morgan fingerprint density at radius 3 is 2.71 bits per heavy atom. The van der Waals surface area contributed by atoms with E-state index >= 15 is 0 Å². The second-order valence-electron chi connectivity index (χ2n) is 7.50. The van der Waals surface area contributed by atoms with Crippen LogP contribution in [0.4, 0.5) is 10.5 Å². The van der Waals surface area contributed by atoms with E-state index in [1.165, 1.54) is 5.69 Å². The molecule has 0 aliphatic carbocycles. The second kappa shape index (κ2) is 8.16. The van der Waals surface area contributed by atoms with Gasteiger partial charge in [-0.05, 0) is 48.6 Å². The van der Waals surface area contributed by atoms with Crippen molar-refractivity contribution in [3.63, 3.8) is 0 Å². The number of thioether (sulfide) groups is 1. The van der Waals surface area contributed by atoms with E-state index in [0.717, 1.165) is 61.4 Å². The Labute approximate surface area is 183 Å². The number of anilines is 1. The van der Waals surface area contributed by atoms with Gasteiger partial charge in [-0.1, -0.05) is 19.1 Å². The Morgan fingerprint density at radius 2 is 1.97 bits per heavy atom. The standard InChI is InChI=1S/C22H22N6O2S/c1-2-26-8-10-27(11-9-26)17-5-3-4-15(12-17)18-14-23-20-7-6-16(25-28(18)20)13-19-21(29)24-22(30)31-19/h3-7,12-14H,2,8-11H2,1H3,(H,24,29,30). The highest BCUT2D eigenvalue weighted by Crippen LogP contribution is 2.28. The normalized spacial score (nSPS) is 18.9. The number of piperazine rings is 1. The lowest BCUT2D eigenvalue weighted by atomic mass is 10.1. The molecule has 2 aromatic heterocycles. The first-order valence-electron chi connectivity index (χ1n) is 10.3. The van der Waals surface area contributed by atoms with Crippen molar-refractivity contribution < 1.29 is 9.59 Å². The van der Waals surface area contributed by atoms with E-state index in [1.54, 1.807) is 16.7 Å². The zero-order valence-electron chi connectivity index (χ0n) is 17.1. The molecule has 2 saturated heterocycles. The molecular formula is C22H22N6O2S. The third-order valence-corrected chi connectivity index (χ3v) is 6.44. The number of hydrogen-bond donors (Lipinski definition) is 1. The number of likely N-dealkylation sites (N-methyl/N-ethyl adjacent to an activating group) is 1. The Kier molecular flexibility index (Phi) is 5.21. The predicted octanol–water partition coefficient (Wildman–Crippen LogP) is 2.86. The fourth-order valence-corrected chi connectivity index (χ4v) is 4.57. The molecule has 2 aliphatic heterocycles. The highest BCUT2D eigenvalue weighted by Gasteiger charge is 2.25. The molecule has 4 heterocycles. The minimum absolute atomic E-state index is 0.340. The van der Waals surface area contributed by atoms with Gasteiger partial charge in [0.1, 0.15) is 0 Å². The van der Waals surface area contributed by atoms with Gasteiger partial charge in [0.25, 0.3) is 11.1 Å².